The number of amides is 1. The van der Waals surface area contributed by atoms with Crippen LogP contribution in [0.4, 0.5) is 0 Å². The molecular formula is C19H24N4O3. The molecule has 7 heteroatoms. The normalized spacial score (nSPS) is 18.4. The van der Waals surface area contributed by atoms with Crippen molar-refractivity contribution >= 4 is 11.7 Å². The molecule has 4 heterocycles. The van der Waals surface area contributed by atoms with Gasteiger partial charge in [-0.25, -0.2) is 0 Å². The van der Waals surface area contributed by atoms with E-state index in [2.05, 4.69) is 11.0 Å². The molecule has 4 rings (SSSR count). The van der Waals surface area contributed by atoms with Crippen molar-refractivity contribution in [2.75, 3.05) is 19.6 Å². The van der Waals surface area contributed by atoms with Crippen molar-refractivity contribution in [1.29, 1.82) is 0 Å². The van der Waals surface area contributed by atoms with Crippen LogP contribution in [0.15, 0.2) is 28.9 Å². The topological polar surface area (TPSA) is 71.6 Å². The molecule has 0 aliphatic carbocycles. The second-order valence-electron chi connectivity index (χ2n) is 7.07. The van der Waals surface area contributed by atoms with Gasteiger partial charge in [-0.2, -0.15) is 5.10 Å². The van der Waals surface area contributed by atoms with E-state index in [0.717, 1.165) is 31.0 Å². The third-order valence-corrected chi connectivity index (χ3v) is 5.16. The fourth-order valence-electron chi connectivity index (χ4n) is 3.76. The summed E-state index contributed by atoms with van der Waals surface area (Å²) in [6.07, 6.45) is 6.55. The molecule has 2 aromatic rings. The number of rotatable bonds is 4. The highest BCUT2D eigenvalue weighted by Gasteiger charge is 2.29. The van der Waals surface area contributed by atoms with Crippen LogP contribution in [0.3, 0.4) is 0 Å². The van der Waals surface area contributed by atoms with Crippen LogP contribution in [0.5, 0.6) is 0 Å². The molecule has 0 saturated carbocycles. The molecule has 0 radical (unpaired) electrons. The number of hydrogen-bond donors (Lipinski definition) is 0. The minimum absolute atomic E-state index is 0.0935. The van der Waals surface area contributed by atoms with Gasteiger partial charge < -0.3 is 9.32 Å². The molecule has 2 aliphatic rings. The van der Waals surface area contributed by atoms with Crippen molar-refractivity contribution in [2.24, 2.45) is 0 Å². The Labute approximate surface area is 152 Å². The van der Waals surface area contributed by atoms with E-state index in [1.54, 1.807) is 11.0 Å². The van der Waals surface area contributed by atoms with E-state index >= 15 is 0 Å². The molecule has 26 heavy (non-hydrogen) atoms. The summed E-state index contributed by atoms with van der Waals surface area (Å²) < 4.78 is 7.02. The van der Waals surface area contributed by atoms with E-state index < -0.39 is 11.7 Å². The molecule has 138 valence electrons. The first-order valence-electron chi connectivity index (χ1n) is 9.36. The molecule has 2 aromatic heterocycles. The van der Waals surface area contributed by atoms with Gasteiger partial charge in [0.1, 0.15) is 0 Å². The smallest absolute Gasteiger partial charge is 0.298 e. The van der Waals surface area contributed by atoms with E-state index in [0.29, 0.717) is 19.6 Å². The van der Waals surface area contributed by atoms with Gasteiger partial charge in [-0.05, 0) is 44.1 Å². The van der Waals surface area contributed by atoms with Gasteiger partial charge in [0.05, 0.1) is 30.7 Å². The monoisotopic (exact) mass is 356 g/mol. The molecule has 0 unspecified atom stereocenters. The Morgan fingerprint density at radius 2 is 1.88 bits per heavy atom. The van der Waals surface area contributed by atoms with Crippen LogP contribution in [-0.2, 0) is 24.4 Å². The van der Waals surface area contributed by atoms with E-state index in [9.17, 15) is 9.59 Å². The third-order valence-electron chi connectivity index (χ3n) is 5.16. The molecule has 1 fully saturated rings. The maximum absolute atomic E-state index is 12.4. The zero-order valence-electron chi connectivity index (χ0n) is 14.9. The van der Waals surface area contributed by atoms with Crippen LogP contribution in [0.25, 0.3) is 0 Å². The van der Waals surface area contributed by atoms with Gasteiger partial charge in [0.2, 0.25) is 0 Å². The zero-order chi connectivity index (χ0) is 17.9. The Bertz CT molecular complexity index is 773. The second-order valence-corrected chi connectivity index (χ2v) is 7.07. The summed E-state index contributed by atoms with van der Waals surface area (Å²) in [4.78, 5) is 28.7. The van der Waals surface area contributed by atoms with Crippen molar-refractivity contribution < 1.29 is 14.0 Å². The first-order chi connectivity index (χ1) is 12.7. The lowest BCUT2D eigenvalue weighted by Crippen LogP contribution is -2.41. The van der Waals surface area contributed by atoms with Crippen LogP contribution in [0.2, 0.25) is 0 Å². The predicted molar refractivity (Wildman–Crippen MR) is 94.4 cm³/mol. The van der Waals surface area contributed by atoms with Crippen molar-refractivity contribution in [1.82, 2.24) is 19.6 Å². The molecule has 0 atom stereocenters. The molecule has 1 amide bonds. The first kappa shape index (κ1) is 17.0. The zero-order valence-corrected chi connectivity index (χ0v) is 14.9. The highest BCUT2D eigenvalue weighted by Crippen LogP contribution is 2.18. The molecular weight excluding hydrogens is 332 g/mol. The average Bonchev–Trinajstić information content (AvgIpc) is 3.25. The summed E-state index contributed by atoms with van der Waals surface area (Å²) in [6.45, 7) is 4.64. The lowest BCUT2D eigenvalue weighted by Gasteiger charge is -2.26. The summed E-state index contributed by atoms with van der Waals surface area (Å²) in [6, 6.07) is 5.20. The molecule has 7 nitrogen and oxygen atoms in total. The molecule has 2 aliphatic heterocycles. The number of hydrogen-bond acceptors (Lipinski definition) is 5. The SMILES string of the molecule is O=C(C(=O)N1CCn2nc(CN3CCCCCC3)cc2C1)c1ccco1. The standard InChI is InChI=1S/C19H24N4O3/c24-18(17-6-5-11-26-17)19(25)22-9-10-23-16(14-22)12-15(20-23)13-21-7-3-1-2-4-8-21/h5-6,11-12H,1-4,7-10,13-14H2. The van der Waals surface area contributed by atoms with E-state index in [-0.39, 0.29) is 5.76 Å². The van der Waals surface area contributed by atoms with Gasteiger partial charge in [-0.3, -0.25) is 19.2 Å². The molecule has 0 N–H and O–H groups in total. The van der Waals surface area contributed by atoms with Gasteiger partial charge in [0.25, 0.3) is 11.7 Å². The molecule has 0 bridgehead atoms. The molecule has 0 aromatic carbocycles. The Kier molecular flexibility index (Phi) is 4.88. The fourth-order valence-corrected chi connectivity index (χ4v) is 3.76. The van der Waals surface area contributed by atoms with Gasteiger partial charge in [0, 0.05) is 13.1 Å². The van der Waals surface area contributed by atoms with Crippen LogP contribution >= 0.6 is 0 Å². The number of Topliss-reactive ketones (excluding diaryl/α,β-unsaturated/α-hetero) is 1. The number of carbonyl (C=O) groups is 2. The quantitative estimate of drug-likeness (QED) is 0.619. The summed E-state index contributed by atoms with van der Waals surface area (Å²) in [5, 5.41) is 4.70. The molecule has 1 saturated heterocycles. The number of ketones is 1. The number of furan rings is 1. The van der Waals surface area contributed by atoms with Gasteiger partial charge in [-0.1, -0.05) is 12.8 Å². The second kappa shape index (κ2) is 7.45. The minimum Gasteiger partial charge on any atom is -0.461 e. The third kappa shape index (κ3) is 3.58. The first-order valence-corrected chi connectivity index (χ1v) is 9.36. The van der Waals surface area contributed by atoms with Crippen LogP contribution in [0, 0.1) is 0 Å². The van der Waals surface area contributed by atoms with Crippen LogP contribution in [-0.4, -0.2) is 50.9 Å². The predicted octanol–water partition coefficient (Wildman–Crippen LogP) is 2.08. The number of nitrogens with zero attached hydrogens (tertiary/aromatic N) is 4. The number of fused-ring (bicyclic) bond motifs is 1. The van der Waals surface area contributed by atoms with Gasteiger partial charge in [-0.15, -0.1) is 0 Å². The minimum atomic E-state index is -0.590. The van der Waals surface area contributed by atoms with Crippen molar-refractivity contribution in [3.8, 4) is 0 Å². The van der Waals surface area contributed by atoms with Crippen molar-refractivity contribution in [2.45, 2.75) is 45.3 Å². The van der Waals surface area contributed by atoms with Crippen molar-refractivity contribution in [3.05, 3.63) is 41.6 Å². The summed E-state index contributed by atoms with van der Waals surface area (Å²) in [5.41, 5.74) is 2.04. The number of likely N-dealkylation sites (tertiary alicyclic amines) is 1. The maximum Gasteiger partial charge on any atom is 0.298 e. The summed E-state index contributed by atoms with van der Waals surface area (Å²) >= 11 is 0. The Hall–Kier alpha value is -2.41. The number of carbonyl (C=O) groups excluding carboxylic acids is 2. The average molecular weight is 356 g/mol. The highest BCUT2D eigenvalue weighted by atomic mass is 16.3. The van der Waals surface area contributed by atoms with Crippen LogP contribution < -0.4 is 0 Å². The maximum atomic E-state index is 12.4. The number of aromatic nitrogens is 2. The molecule has 0 spiro atoms. The van der Waals surface area contributed by atoms with Crippen LogP contribution in [0.1, 0.15) is 47.6 Å². The Morgan fingerprint density at radius 3 is 2.62 bits per heavy atom. The van der Waals surface area contributed by atoms with Gasteiger partial charge >= 0.3 is 0 Å². The van der Waals surface area contributed by atoms with Crippen molar-refractivity contribution in [3.63, 3.8) is 0 Å². The van der Waals surface area contributed by atoms with E-state index in [1.807, 2.05) is 4.68 Å². The van der Waals surface area contributed by atoms with Gasteiger partial charge in [0.15, 0.2) is 5.76 Å². The lowest BCUT2D eigenvalue weighted by atomic mass is 10.2. The summed E-state index contributed by atoms with van der Waals surface area (Å²) in [5.74, 6) is -1.01. The Balaban J connectivity index is 1.41. The summed E-state index contributed by atoms with van der Waals surface area (Å²) in [7, 11) is 0. The van der Waals surface area contributed by atoms with E-state index in [4.69, 9.17) is 9.52 Å². The fraction of sp³-hybridized carbons (Fsp3) is 0.526. The van der Waals surface area contributed by atoms with E-state index in [1.165, 1.54) is 38.0 Å². The Morgan fingerprint density at radius 1 is 1.08 bits per heavy atom. The highest BCUT2D eigenvalue weighted by molar-refractivity contribution is 6.41. The largest absolute Gasteiger partial charge is 0.461 e. The lowest BCUT2D eigenvalue weighted by molar-refractivity contribution is -0.128.